The summed E-state index contributed by atoms with van der Waals surface area (Å²) < 4.78 is 5.20. The number of hydrogen-bond donors (Lipinski definition) is 1. The van der Waals surface area contributed by atoms with Crippen LogP contribution in [0.4, 0.5) is 0 Å². The summed E-state index contributed by atoms with van der Waals surface area (Å²) in [4.78, 5) is 12.3. The Morgan fingerprint density at radius 3 is 2.27 bits per heavy atom. The van der Waals surface area contributed by atoms with Gasteiger partial charge in [-0.15, -0.1) is 0 Å². The molecule has 0 heterocycles. The molecule has 1 N–H and O–H groups in total. The van der Waals surface area contributed by atoms with Gasteiger partial charge in [0.2, 0.25) is 0 Å². The van der Waals surface area contributed by atoms with E-state index in [2.05, 4.69) is 69.8 Å². The van der Waals surface area contributed by atoms with Gasteiger partial charge in [0.15, 0.2) is 0 Å². The fourth-order valence-electron chi connectivity index (χ4n) is 4.53. The molecule has 8 heteroatoms. The van der Waals surface area contributed by atoms with Gasteiger partial charge in [-0.1, -0.05) is 108 Å². The lowest BCUT2D eigenvalue weighted by Gasteiger charge is -2.25. The van der Waals surface area contributed by atoms with Crippen molar-refractivity contribution in [1.29, 1.82) is 5.26 Å². The van der Waals surface area contributed by atoms with E-state index in [0.717, 1.165) is 0 Å². The molecule has 158 valence electrons. The van der Waals surface area contributed by atoms with Crippen LogP contribution in [0.5, 0.6) is 11.5 Å². The van der Waals surface area contributed by atoms with Crippen molar-refractivity contribution >= 4 is 69.7 Å². The van der Waals surface area contributed by atoms with Gasteiger partial charge in [0, 0.05) is 0 Å². The molecule has 1 aliphatic carbocycles. The average Bonchev–Trinajstić information content (AvgIpc) is 3.19. The second kappa shape index (κ2) is 8.57. The van der Waals surface area contributed by atoms with Gasteiger partial charge in [-0.05, 0) is 41.2 Å². The summed E-state index contributed by atoms with van der Waals surface area (Å²) in [6, 6.07) is 18.7. The van der Waals surface area contributed by atoms with Crippen molar-refractivity contribution in [2.45, 2.75) is 26.7 Å². The molecule has 4 nitrogen and oxygen atoms in total. The van der Waals surface area contributed by atoms with E-state index >= 15 is 0 Å². The van der Waals surface area contributed by atoms with Crippen molar-refractivity contribution in [3.8, 4) is 17.6 Å². The van der Waals surface area contributed by atoms with E-state index in [1.807, 2.05) is 44.2 Å². The lowest BCUT2D eigenvalue weighted by Crippen LogP contribution is -2.32. The summed E-state index contributed by atoms with van der Waals surface area (Å²) in [5, 5.41) is 20.5. The predicted molar refractivity (Wildman–Crippen MR) is 131 cm³/mol. The van der Waals surface area contributed by atoms with Gasteiger partial charge in [0.1, 0.15) is 13.6 Å². The Hall–Kier alpha value is -0.880. The molecule has 2 aromatic carbocycles. The first kappa shape index (κ1) is 23.8. The van der Waals surface area contributed by atoms with E-state index in [-0.39, 0.29) is 10.7 Å². The van der Waals surface area contributed by atoms with Crippen LogP contribution in [0, 0.1) is 28.1 Å². The van der Waals surface area contributed by atoms with Crippen LogP contribution in [0.1, 0.15) is 25.3 Å². The van der Waals surface area contributed by atoms with Crippen LogP contribution in [0.15, 0.2) is 54.6 Å². The summed E-state index contributed by atoms with van der Waals surface area (Å²) in [5.41, 5.74) is -1.29. The number of nitriles is 1. The molecule has 4 atom stereocenters. The van der Waals surface area contributed by atoms with E-state index in [1.165, 1.54) is 0 Å². The molecular formula is C22H19Br4NO3. The topological polar surface area (TPSA) is 70.3 Å². The number of ether oxygens (including phenoxy) is 1. The van der Waals surface area contributed by atoms with E-state index < -0.39 is 24.9 Å². The number of benzene rings is 2. The molecule has 0 aliphatic heterocycles. The average molecular weight is 665 g/mol. The van der Waals surface area contributed by atoms with Crippen molar-refractivity contribution in [3.63, 3.8) is 0 Å². The monoisotopic (exact) mass is 661 g/mol. The third kappa shape index (κ3) is 3.99. The summed E-state index contributed by atoms with van der Waals surface area (Å²) >= 11 is 14.1. The number of carboxylic acid groups (broad SMARTS) is 1. The minimum absolute atomic E-state index is 0.296. The number of halogens is 4. The molecule has 0 aromatic heterocycles. The van der Waals surface area contributed by atoms with Gasteiger partial charge in [-0.3, -0.25) is 4.79 Å². The normalized spacial score (nSPS) is 24.4. The lowest BCUT2D eigenvalue weighted by molar-refractivity contribution is -0.145. The molecule has 0 bridgehead atoms. The number of rotatable bonds is 6. The van der Waals surface area contributed by atoms with Crippen LogP contribution in [0.25, 0.3) is 0 Å². The minimum atomic E-state index is -1.28. The highest BCUT2D eigenvalue weighted by molar-refractivity contribution is 9.40. The number of hydrogen-bond acceptors (Lipinski definition) is 3. The van der Waals surface area contributed by atoms with Crippen molar-refractivity contribution in [2.75, 3.05) is 0 Å². The molecule has 0 spiro atoms. The zero-order valence-electron chi connectivity index (χ0n) is 16.2. The third-order valence-electron chi connectivity index (χ3n) is 5.96. The van der Waals surface area contributed by atoms with Gasteiger partial charge < -0.3 is 9.84 Å². The Bertz CT molecular complexity index is 984. The maximum Gasteiger partial charge on any atom is 0.312 e. The van der Waals surface area contributed by atoms with Crippen LogP contribution in [-0.4, -0.2) is 18.0 Å². The van der Waals surface area contributed by atoms with Gasteiger partial charge in [0.05, 0.1) is 22.2 Å². The van der Waals surface area contributed by atoms with Gasteiger partial charge in [0.25, 0.3) is 0 Å². The first-order valence-electron chi connectivity index (χ1n) is 9.14. The first-order chi connectivity index (χ1) is 14.0. The van der Waals surface area contributed by atoms with Crippen LogP contribution < -0.4 is 4.74 Å². The molecule has 0 amide bonds. The number of nitrogens with zero attached hydrogens (tertiary/aromatic N) is 1. The van der Waals surface area contributed by atoms with Crippen molar-refractivity contribution in [1.82, 2.24) is 0 Å². The molecule has 1 aliphatic rings. The molecular weight excluding hydrogens is 646 g/mol. The number of para-hydroxylation sites is 1. The first-order valence-corrected chi connectivity index (χ1v) is 12.4. The third-order valence-corrected chi connectivity index (χ3v) is 10.5. The van der Waals surface area contributed by atoms with Gasteiger partial charge in [-0.2, -0.15) is 5.26 Å². The van der Waals surface area contributed by atoms with Crippen LogP contribution in [0.2, 0.25) is 0 Å². The highest BCUT2D eigenvalue weighted by Gasteiger charge is 2.81. The number of aliphatic carboxylic acids is 1. The van der Waals surface area contributed by atoms with Crippen molar-refractivity contribution in [3.05, 3.63) is 60.2 Å². The Morgan fingerprint density at radius 1 is 1.13 bits per heavy atom. The van der Waals surface area contributed by atoms with Crippen LogP contribution >= 0.6 is 63.7 Å². The van der Waals surface area contributed by atoms with Crippen LogP contribution in [0.3, 0.4) is 0 Å². The molecule has 30 heavy (non-hydrogen) atoms. The lowest BCUT2D eigenvalue weighted by atomic mass is 9.78. The molecule has 0 saturated heterocycles. The van der Waals surface area contributed by atoms with Crippen molar-refractivity contribution in [2.24, 2.45) is 16.7 Å². The standard InChI is InChI=1S/C22H19Br4NO3/c1-20(2)17(18(23)22(24,25)26)21(20,19(28)29)16(12-27)13-7-6-10-15(11-13)30-14-8-4-3-5-9-14/h3-11,16-18H,1-2H3,(H,28,29)/t16-,17?,18+,21-/m0/s1. The highest BCUT2D eigenvalue weighted by Crippen LogP contribution is 2.78. The van der Waals surface area contributed by atoms with Gasteiger partial charge >= 0.3 is 5.97 Å². The van der Waals surface area contributed by atoms with E-state index in [0.29, 0.717) is 17.1 Å². The number of carboxylic acids is 1. The summed E-state index contributed by atoms with van der Waals surface area (Å²) in [6.07, 6.45) is 0. The van der Waals surface area contributed by atoms with Crippen LogP contribution in [-0.2, 0) is 4.79 Å². The Morgan fingerprint density at radius 2 is 1.73 bits per heavy atom. The maximum absolute atomic E-state index is 12.6. The molecule has 0 radical (unpaired) electrons. The smallest absolute Gasteiger partial charge is 0.312 e. The van der Waals surface area contributed by atoms with E-state index in [9.17, 15) is 15.2 Å². The Balaban J connectivity index is 2.03. The van der Waals surface area contributed by atoms with Crippen molar-refractivity contribution < 1.29 is 14.6 Å². The summed E-state index contributed by atoms with van der Waals surface area (Å²) in [5.74, 6) is -0.947. The van der Waals surface area contributed by atoms with E-state index in [1.54, 1.807) is 24.3 Å². The largest absolute Gasteiger partial charge is 0.481 e. The fourth-order valence-corrected chi connectivity index (χ4v) is 6.40. The number of alkyl halides is 4. The highest BCUT2D eigenvalue weighted by atomic mass is 80.0. The maximum atomic E-state index is 12.6. The Kier molecular flexibility index (Phi) is 6.79. The minimum Gasteiger partial charge on any atom is -0.481 e. The zero-order chi connectivity index (χ0) is 22.3. The zero-order valence-corrected chi connectivity index (χ0v) is 22.5. The second-order valence-electron chi connectivity index (χ2n) is 7.87. The van der Waals surface area contributed by atoms with E-state index in [4.69, 9.17) is 4.74 Å². The molecule has 3 rings (SSSR count). The Labute approximate surface area is 209 Å². The summed E-state index contributed by atoms with van der Waals surface area (Å²) in [7, 11) is 0. The SMILES string of the molecule is CC1(C)C([C@@H](Br)C(Br)(Br)Br)[C@]1(C(=O)O)[C@@H](C#N)c1cccc(Oc2ccccc2)c1. The second-order valence-corrected chi connectivity index (χ2v) is 15.8. The molecule has 1 fully saturated rings. The van der Waals surface area contributed by atoms with Gasteiger partial charge in [-0.25, -0.2) is 0 Å². The molecule has 1 unspecified atom stereocenters. The molecule has 2 aromatic rings. The predicted octanol–water partition coefficient (Wildman–Crippen LogP) is 7.42. The summed E-state index contributed by atoms with van der Waals surface area (Å²) in [6.45, 7) is 3.79. The molecule has 1 saturated carbocycles. The number of carbonyl (C=O) groups is 1. The quantitative estimate of drug-likeness (QED) is 0.327. The fraction of sp³-hybridized carbons (Fsp3) is 0.364.